The molecule has 0 aliphatic rings. The molecule has 0 atom stereocenters. The molecule has 0 saturated carbocycles. The van der Waals surface area contributed by atoms with E-state index in [4.69, 9.17) is 4.74 Å². The Hall–Kier alpha value is -3.06. The van der Waals surface area contributed by atoms with Crippen LogP contribution in [0.25, 0.3) is 10.8 Å². The second kappa shape index (κ2) is 7.67. The number of ether oxygens (including phenoxy) is 1. The molecule has 0 aliphatic heterocycles. The molecule has 6 nitrogen and oxygen atoms in total. The first-order chi connectivity index (χ1) is 12.9. The highest BCUT2D eigenvalue weighted by atomic mass is 32.2. The van der Waals surface area contributed by atoms with E-state index in [2.05, 4.69) is 9.93 Å². The molecule has 0 saturated heterocycles. The molecule has 0 unspecified atom stereocenters. The largest absolute Gasteiger partial charge is 0.507 e. The number of hydrogen-bond acceptors (Lipinski definition) is 5. The Morgan fingerprint density at radius 2 is 1.78 bits per heavy atom. The van der Waals surface area contributed by atoms with Gasteiger partial charge >= 0.3 is 0 Å². The van der Waals surface area contributed by atoms with E-state index >= 15 is 0 Å². The minimum absolute atomic E-state index is 0.0645. The van der Waals surface area contributed by atoms with Crippen LogP contribution in [0.5, 0.6) is 11.5 Å². The molecule has 3 aromatic carbocycles. The molecule has 0 amide bonds. The number of hydrazone groups is 1. The molecule has 0 aliphatic carbocycles. The van der Waals surface area contributed by atoms with Crippen LogP contribution in [0.1, 0.15) is 19.4 Å². The van der Waals surface area contributed by atoms with Crippen molar-refractivity contribution < 1.29 is 18.3 Å². The second-order valence-electron chi connectivity index (χ2n) is 5.88. The fourth-order valence-corrected chi connectivity index (χ4v) is 3.53. The summed E-state index contributed by atoms with van der Waals surface area (Å²) in [6.07, 6.45) is 0. The smallest absolute Gasteiger partial charge is 0.276 e. The van der Waals surface area contributed by atoms with Crippen LogP contribution in [-0.2, 0) is 10.0 Å². The van der Waals surface area contributed by atoms with Crippen molar-refractivity contribution in [3.8, 4) is 11.5 Å². The number of aromatic hydroxyl groups is 1. The summed E-state index contributed by atoms with van der Waals surface area (Å²) in [5, 5.41) is 16.0. The molecular formula is C20H20N2O4S. The molecule has 27 heavy (non-hydrogen) atoms. The molecule has 0 radical (unpaired) electrons. The molecule has 0 bridgehead atoms. The zero-order chi connectivity index (χ0) is 19.4. The van der Waals surface area contributed by atoms with Crippen molar-refractivity contribution in [2.24, 2.45) is 5.10 Å². The summed E-state index contributed by atoms with van der Waals surface area (Å²) in [5.74, 6) is 0.659. The Morgan fingerprint density at radius 1 is 1.07 bits per heavy atom. The first-order valence-electron chi connectivity index (χ1n) is 8.42. The van der Waals surface area contributed by atoms with Gasteiger partial charge in [0.25, 0.3) is 10.0 Å². The summed E-state index contributed by atoms with van der Waals surface area (Å²) in [6.45, 7) is 3.99. The number of fused-ring (bicyclic) bond motifs is 1. The monoisotopic (exact) mass is 384 g/mol. The van der Waals surface area contributed by atoms with Crippen molar-refractivity contribution in [3.63, 3.8) is 0 Å². The van der Waals surface area contributed by atoms with Crippen molar-refractivity contribution in [2.45, 2.75) is 18.7 Å². The lowest BCUT2D eigenvalue weighted by Crippen LogP contribution is -2.20. The zero-order valence-electron chi connectivity index (χ0n) is 15.0. The number of phenolic OH excluding ortho intramolecular Hbond substituents is 1. The molecule has 0 heterocycles. The minimum atomic E-state index is -3.83. The topological polar surface area (TPSA) is 88.0 Å². The first kappa shape index (κ1) is 18.7. The summed E-state index contributed by atoms with van der Waals surface area (Å²) in [6, 6.07) is 17.0. The van der Waals surface area contributed by atoms with E-state index in [0.29, 0.717) is 29.0 Å². The molecule has 0 aromatic heterocycles. The van der Waals surface area contributed by atoms with Gasteiger partial charge in [0.05, 0.1) is 17.2 Å². The first-order valence-corrected chi connectivity index (χ1v) is 9.90. The quantitative estimate of drug-likeness (QED) is 0.502. The Balaban J connectivity index is 1.85. The van der Waals surface area contributed by atoms with Gasteiger partial charge in [-0.2, -0.15) is 18.4 Å². The summed E-state index contributed by atoms with van der Waals surface area (Å²) < 4.78 is 30.1. The Labute approximate surface area is 158 Å². The average molecular weight is 384 g/mol. The van der Waals surface area contributed by atoms with E-state index in [1.807, 2.05) is 31.2 Å². The Morgan fingerprint density at radius 3 is 2.48 bits per heavy atom. The molecule has 140 valence electrons. The van der Waals surface area contributed by atoms with Gasteiger partial charge in [-0.05, 0) is 49.6 Å². The van der Waals surface area contributed by atoms with E-state index in [-0.39, 0.29) is 10.6 Å². The van der Waals surface area contributed by atoms with Crippen LogP contribution in [0.4, 0.5) is 0 Å². The summed E-state index contributed by atoms with van der Waals surface area (Å²) in [4.78, 5) is 2.28. The van der Waals surface area contributed by atoms with Gasteiger partial charge in [0.2, 0.25) is 0 Å². The van der Waals surface area contributed by atoms with Crippen molar-refractivity contribution in [2.75, 3.05) is 6.61 Å². The highest BCUT2D eigenvalue weighted by Gasteiger charge is 2.14. The van der Waals surface area contributed by atoms with Gasteiger partial charge in [-0.15, -0.1) is 0 Å². The summed E-state index contributed by atoms with van der Waals surface area (Å²) >= 11 is 0. The van der Waals surface area contributed by atoms with Crippen molar-refractivity contribution in [3.05, 3.63) is 66.2 Å². The van der Waals surface area contributed by atoms with Gasteiger partial charge in [0.15, 0.2) is 0 Å². The molecule has 3 rings (SSSR count). The number of hydrogen-bond donors (Lipinski definition) is 2. The fraction of sp³-hybridized carbons (Fsp3) is 0.150. The molecule has 0 spiro atoms. The van der Waals surface area contributed by atoms with Gasteiger partial charge in [0, 0.05) is 10.9 Å². The third-order valence-corrected chi connectivity index (χ3v) is 5.29. The van der Waals surface area contributed by atoms with Crippen molar-refractivity contribution in [1.29, 1.82) is 0 Å². The van der Waals surface area contributed by atoms with Crippen LogP contribution in [0, 0.1) is 0 Å². The van der Waals surface area contributed by atoms with Crippen LogP contribution in [0.2, 0.25) is 0 Å². The lowest BCUT2D eigenvalue weighted by Gasteiger charge is -2.09. The average Bonchev–Trinajstić information content (AvgIpc) is 2.67. The lowest BCUT2D eigenvalue weighted by atomic mass is 10.0. The molecule has 7 heteroatoms. The Bertz CT molecular complexity index is 1090. The maximum Gasteiger partial charge on any atom is 0.276 e. The van der Waals surface area contributed by atoms with E-state index in [1.54, 1.807) is 31.2 Å². The third-order valence-electron chi connectivity index (χ3n) is 4.07. The standard InChI is InChI=1S/C20H20N2O4S/c1-3-26-16-9-11-17(12-10-16)27(24,25)22-21-14(2)18-13-8-15-6-4-5-7-19(15)20(18)23/h4-13,22-23H,3H2,1-2H3/b21-14+. The second-order valence-corrected chi connectivity index (χ2v) is 7.54. The fourth-order valence-electron chi connectivity index (χ4n) is 2.67. The summed E-state index contributed by atoms with van der Waals surface area (Å²) in [7, 11) is -3.83. The van der Waals surface area contributed by atoms with Gasteiger partial charge in [-0.25, -0.2) is 0 Å². The van der Waals surface area contributed by atoms with Gasteiger partial charge in [-0.1, -0.05) is 30.3 Å². The van der Waals surface area contributed by atoms with Gasteiger partial charge in [0.1, 0.15) is 11.5 Å². The minimum Gasteiger partial charge on any atom is -0.507 e. The number of nitrogens with one attached hydrogen (secondary N) is 1. The maximum absolute atomic E-state index is 12.4. The van der Waals surface area contributed by atoms with E-state index in [0.717, 1.165) is 5.39 Å². The maximum atomic E-state index is 12.4. The highest BCUT2D eigenvalue weighted by molar-refractivity contribution is 7.89. The van der Waals surface area contributed by atoms with E-state index in [1.165, 1.54) is 12.1 Å². The number of rotatable bonds is 6. The molecular weight excluding hydrogens is 364 g/mol. The normalized spacial score (nSPS) is 12.1. The van der Waals surface area contributed by atoms with Crippen molar-refractivity contribution >= 4 is 26.5 Å². The highest BCUT2D eigenvalue weighted by Crippen LogP contribution is 2.29. The number of sulfonamides is 1. The summed E-state index contributed by atoms with van der Waals surface area (Å²) in [5.41, 5.74) is 0.816. The number of phenols is 1. The van der Waals surface area contributed by atoms with E-state index in [9.17, 15) is 13.5 Å². The van der Waals surface area contributed by atoms with Crippen LogP contribution >= 0.6 is 0 Å². The lowest BCUT2D eigenvalue weighted by molar-refractivity contribution is 0.340. The van der Waals surface area contributed by atoms with Gasteiger partial charge in [-0.3, -0.25) is 0 Å². The van der Waals surface area contributed by atoms with Crippen molar-refractivity contribution in [1.82, 2.24) is 4.83 Å². The van der Waals surface area contributed by atoms with Crippen LogP contribution < -0.4 is 9.57 Å². The predicted octanol–water partition coefficient (Wildman–Crippen LogP) is 3.65. The SMILES string of the molecule is CCOc1ccc(S(=O)(=O)N/N=C(\C)c2ccc3ccccc3c2O)cc1. The number of benzene rings is 3. The molecule has 2 N–H and O–H groups in total. The van der Waals surface area contributed by atoms with E-state index < -0.39 is 10.0 Å². The van der Waals surface area contributed by atoms with Crippen LogP contribution in [-0.4, -0.2) is 25.8 Å². The van der Waals surface area contributed by atoms with Crippen LogP contribution in [0.15, 0.2) is 70.7 Å². The zero-order valence-corrected chi connectivity index (χ0v) is 15.8. The Kier molecular flexibility index (Phi) is 5.32. The van der Waals surface area contributed by atoms with Crippen LogP contribution in [0.3, 0.4) is 0 Å². The van der Waals surface area contributed by atoms with Gasteiger partial charge < -0.3 is 9.84 Å². The third kappa shape index (κ3) is 4.03. The predicted molar refractivity (Wildman–Crippen MR) is 106 cm³/mol. The molecule has 0 fully saturated rings. The molecule has 3 aromatic rings. The number of nitrogens with zero attached hydrogens (tertiary/aromatic N) is 1.